The van der Waals surface area contributed by atoms with Gasteiger partial charge < -0.3 is 9.88 Å². The van der Waals surface area contributed by atoms with Gasteiger partial charge in [0, 0.05) is 26.3 Å². The van der Waals surface area contributed by atoms with Crippen LogP contribution in [0, 0.1) is 17.2 Å². The third-order valence-corrected chi connectivity index (χ3v) is 4.58. The normalized spacial score (nSPS) is 18.0. The molecule has 7 heteroatoms. The largest absolute Gasteiger partial charge is 0.370 e. The van der Waals surface area contributed by atoms with Gasteiger partial charge in [0.1, 0.15) is 22.9 Å². The van der Waals surface area contributed by atoms with Gasteiger partial charge in [0.05, 0.1) is 18.3 Å². The SMILES string of the molecule is Cn1c(Cl)cnc1CN1CC[C@H](CNc2ccc(C#N)cn2)C1. The Bertz CT molecular complexity index is 702. The van der Waals surface area contributed by atoms with Gasteiger partial charge in [-0.05, 0) is 31.0 Å². The maximum Gasteiger partial charge on any atom is 0.128 e. The van der Waals surface area contributed by atoms with Crippen LogP contribution in [0.5, 0.6) is 0 Å². The van der Waals surface area contributed by atoms with Crippen molar-refractivity contribution in [3.05, 3.63) is 41.1 Å². The fourth-order valence-electron chi connectivity index (χ4n) is 2.81. The summed E-state index contributed by atoms with van der Waals surface area (Å²) in [5.41, 5.74) is 0.580. The van der Waals surface area contributed by atoms with Gasteiger partial charge in [0.15, 0.2) is 0 Å². The summed E-state index contributed by atoms with van der Waals surface area (Å²) in [5.74, 6) is 2.40. The first-order valence-corrected chi connectivity index (χ1v) is 8.02. The van der Waals surface area contributed by atoms with Gasteiger partial charge in [-0.1, -0.05) is 11.6 Å². The number of halogens is 1. The van der Waals surface area contributed by atoms with Crippen LogP contribution in [-0.4, -0.2) is 39.1 Å². The van der Waals surface area contributed by atoms with E-state index in [-0.39, 0.29) is 0 Å². The van der Waals surface area contributed by atoms with Crippen molar-refractivity contribution in [2.75, 3.05) is 25.0 Å². The number of nitrogens with zero attached hydrogens (tertiary/aromatic N) is 5. The first kappa shape index (κ1) is 15.8. The number of pyridine rings is 1. The zero-order valence-corrected chi connectivity index (χ0v) is 13.8. The molecule has 0 amide bonds. The van der Waals surface area contributed by atoms with E-state index >= 15 is 0 Å². The summed E-state index contributed by atoms with van der Waals surface area (Å²) in [6.45, 7) is 3.82. The maximum absolute atomic E-state index is 8.77. The van der Waals surface area contributed by atoms with Crippen molar-refractivity contribution in [2.45, 2.75) is 13.0 Å². The second kappa shape index (κ2) is 6.99. The molecule has 3 heterocycles. The molecule has 0 aliphatic carbocycles. The van der Waals surface area contributed by atoms with Crippen LogP contribution in [0.2, 0.25) is 5.15 Å². The first-order chi connectivity index (χ1) is 11.2. The number of hydrogen-bond acceptors (Lipinski definition) is 5. The highest BCUT2D eigenvalue weighted by molar-refractivity contribution is 6.29. The summed E-state index contributed by atoms with van der Waals surface area (Å²) in [6.07, 6.45) is 4.44. The van der Waals surface area contributed by atoms with Crippen LogP contribution in [-0.2, 0) is 13.6 Å². The molecule has 1 atom stereocenters. The third kappa shape index (κ3) is 3.81. The van der Waals surface area contributed by atoms with Gasteiger partial charge >= 0.3 is 0 Å². The van der Waals surface area contributed by atoms with Crippen molar-refractivity contribution in [3.8, 4) is 6.07 Å². The topological polar surface area (TPSA) is 69.8 Å². The van der Waals surface area contributed by atoms with E-state index in [0.717, 1.165) is 44.2 Å². The Morgan fingerprint density at radius 3 is 2.91 bits per heavy atom. The van der Waals surface area contributed by atoms with Gasteiger partial charge in [-0.3, -0.25) is 4.90 Å². The number of hydrogen-bond donors (Lipinski definition) is 1. The lowest BCUT2D eigenvalue weighted by molar-refractivity contribution is 0.307. The highest BCUT2D eigenvalue weighted by atomic mass is 35.5. The van der Waals surface area contributed by atoms with Crippen molar-refractivity contribution in [3.63, 3.8) is 0 Å². The Morgan fingerprint density at radius 2 is 2.26 bits per heavy atom. The molecule has 1 aliphatic rings. The molecule has 2 aromatic rings. The molecule has 1 N–H and O–H groups in total. The number of nitrogens with one attached hydrogen (secondary N) is 1. The van der Waals surface area contributed by atoms with E-state index in [1.165, 1.54) is 0 Å². The van der Waals surface area contributed by atoms with Gasteiger partial charge in [-0.25, -0.2) is 9.97 Å². The van der Waals surface area contributed by atoms with Crippen LogP contribution in [0.25, 0.3) is 0 Å². The molecule has 0 spiro atoms. The minimum Gasteiger partial charge on any atom is -0.370 e. The smallest absolute Gasteiger partial charge is 0.128 e. The Kier molecular flexibility index (Phi) is 4.79. The standard InChI is InChI=1S/C16H19ClN6/c1-22-14(17)9-21-16(22)11-23-5-4-13(10-23)8-20-15-3-2-12(6-18)7-19-15/h2-3,7,9,13H,4-5,8,10-11H2,1H3,(H,19,20)/t13-/m1/s1. The van der Waals surface area contributed by atoms with Crippen molar-refractivity contribution in [2.24, 2.45) is 13.0 Å². The van der Waals surface area contributed by atoms with E-state index < -0.39 is 0 Å². The maximum atomic E-state index is 8.77. The van der Waals surface area contributed by atoms with E-state index in [4.69, 9.17) is 16.9 Å². The molecule has 3 rings (SSSR count). The fourth-order valence-corrected chi connectivity index (χ4v) is 2.95. The van der Waals surface area contributed by atoms with E-state index in [1.54, 1.807) is 18.5 Å². The zero-order chi connectivity index (χ0) is 16.2. The molecule has 0 radical (unpaired) electrons. The van der Waals surface area contributed by atoms with Crippen LogP contribution >= 0.6 is 11.6 Å². The van der Waals surface area contributed by atoms with E-state index in [1.807, 2.05) is 17.7 Å². The van der Waals surface area contributed by atoms with Crippen LogP contribution in [0.4, 0.5) is 5.82 Å². The number of aromatic nitrogens is 3. The Hall–Kier alpha value is -2.10. The van der Waals surface area contributed by atoms with Crippen molar-refractivity contribution in [1.29, 1.82) is 5.26 Å². The predicted octanol–water partition coefficient (Wildman–Crippen LogP) is 2.27. The highest BCUT2D eigenvalue weighted by Gasteiger charge is 2.23. The van der Waals surface area contributed by atoms with E-state index in [9.17, 15) is 0 Å². The molecule has 1 saturated heterocycles. The molecule has 1 fully saturated rings. The molecule has 1 aliphatic heterocycles. The number of anilines is 1. The summed E-state index contributed by atoms with van der Waals surface area (Å²) in [4.78, 5) is 11.0. The minimum atomic E-state index is 0.580. The predicted molar refractivity (Wildman–Crippen MR) is 89.0 cm³/mol. The molecule has 0 aromatic carbocycles. The van der Waals surface area contributed by atoms with Crippen molar-refractivity contribution in [1.82, 2.24) is 19.4 Å². The average Bonchev–Trinajstić information content (AvgIpc) is 3.15. The van der Waals surface area contributed by atoms with Crippen LogP contribution in [0.3, 0.4) is 0 Å². The Balaban J connectivity index is 1.48. The molecule has 120 valence electrons. The number of rotatable bonds is 5. The summed E-state index contributed by atoms with van der Waals surface area (Å²) < 4.78 is 1.92. The number of imidazole rings is 1. The molecule has 2 aromatic heterocycles. The lowest BCUT2D eigenvalue weighted by atomic mass is 10.1. The Morgan fingerprint density at radius 1 is 1.39 bits per heavy atom. The van der Waals surface area contributed by atoms with Gasteiger partial charge in [0.2, 0.25) is 0 Å². The van der Waals surface area contributed by atoms with Crippen LogP contribution in [0.15, 0.2) is 24.5 Å². The number of nitriles is 1. The molecular weight excluding hydrogens is 312 g/mol. The van der Waals surface area contributed by atoms with Crippen molar-refractivity contribution >= 4 is 17.4 Å². The summed E-state index contributed by atoms with van der Waals surface area (Å²) in [7, 11) is 1.94. The first-order valence-electron chi connectivity index (χ1n) is 7.64. The highest BCUT2D eigenvalue weighted by Crippen LogP contribution is 2.20. The average molecular weight is 331 g/mol. The molecule has 0 unspecified atom stereocenters. The summed E-state index contributed by atoms with van der Waals surface area (Å²) in [6, 6.07) is 5.70. The molecule has 0 saturated carbocycles. The summed E-state index contributed by atoms with van der Waals surface area (Å²) >= 11 is 6.03. The second-order valence-electron chi connectivity index (χ2n) is 5.87. The molecule has 6 nitrogen and oxygen atoms in total. The van der Waals surface area contributed by atoms with Crippen molar-refractivity contribution < 1.29 is 0 Å². The van der Waals surface area contributed by atoms with Gasteiger partial charge in [0.25, 0.3) is 0 Å². The molecule has 0 bridgehead atoms. The molecular formula is C16H19ClN6. The lowest BCUT2D eigenvalue weighted by Gasteiger charge is -2.16. The lowest BCUT2D eigenvalue weighted by Crippen LogP contribution is -2.24. The van der Waals surface area contributed by atoms with E-state index in [2.05, 4.69) is 26.3 Å². The molecule has 23 heavy (non-hydrogen) atoms. The van der Waals surface area contributed by atoms with Gasteiger partial charge in [-0.15, -0.1) is 0 Å². The minimum absolute atomic E-state index is 0.580. The summed E-state index contributed by atoms with van der Waals surface area (Å²) in [5, 5.41) is 12.8. The van der Waals surface area contributed by atoms with Crippen LogP contribution < -0.4 is 5.32 Å². The monoisotopic (exact) mass is 330 g/mol. The van der Waals surface area contributed by atoms with E-state index in [0.29, 0.717) is 16.6 Å². The van der Waals surface area contributed by atoms with Gasteiger partial charge in [-0.2, -0.15) is 5.26 Å². The zero-order valence-electron chi connectivity index (χ0n) is 13.0. The quantitative estimate of drug-likeness (QED) is 0.910. The number of likely N-dealkylation sites (tertiary alicyclic amines) is 1. The Labute approximate surface area is 140 Å². The second-order valence-corrected chi connectivity index (χ2v) is 6.26. The fraction of sp³-hybridized carbons (Fsp3) is 0.438. The third-order valence-electron chi connectivity index (χ3n) is 4.23. The van der Waals surface area contributed by atoms with Crippen LogP contribution in [0.1, 0.15) is 17.8 Å².